The molecule has 0 amide bonds. The fourth-order valence-corrected chi connectivity index (χ4v) is 1.93. The molecule has 0 fully saturated rings. The quantitative estimate of drug-likeness (QED) is 0.819. The van der Waals surface area contributed by atoms with Crippen LogP contribution in [0.1, 0.15) is 6.92 Å². The lowest BCUT2D eigenvalue weighted by Crippen LogP contribution is -2.15. The van der Waals surface area contributed by atoms with Gasteiger partial charge in [0.2, 0.25) is 0 Å². The summed E-state index contributed by atoms with van der Waals surface area (Å²) in [5, 5.41) is 3.40. The largest absolute Gasteiger partial charge is 0.457 e. The van der Waals surface area contributed by atoms with Crippen molar-refractivity contribution in [1.29, 1.82) is 0 Å². The summed E-state index contributed by atoms with van der Waals surface area (Å²) in [6.45, 7) is 3.79. The van der Waals surface area contributed by atoms with E-state index in [1.807, 2.05) is 54.6 Å². The molecule has 106 valence electrons. The first-order valence-corrected chi connectivity index (χ1v) is 6.83. The van der Waals surface area contributed by atoms with Crippen LogP contribution >= 0.6 is 0 Å². The van der Waals surface area contributed by atoms with Crippen LogP contribution in [-0.4, -0.2) is 20.3 Å². The molecule has 0 aliphatic carbocycles. The SMILES string of the molecule is COCC(C)CNc1cccc(Oc2ccccc2)c1. The number of ether oxygens (including phenoxy) is 2. The molecule has 1 atom stereocenters. The molecule has 0 aromatic heterocycles. The van der Waals surface area contributed by atoms with Gasteiger partial charge in [-0.25, -0.2) is 0 Å². The molecule has 0 saturated carbocycles. The summed E-state index contributed by atoms with van der Waals surface area (Å²) in [6.07, 6.45) is 0. The number of anilines is 1. The van der Waals surface area contributed by atoms with Crippen molar-refractivity contribution in [3.63, 3.8) is 0 Å². The van der Waals surface area contributed by atoms with E-state index in [0.29, 0.717) is 5.92 Å². The third-order valence-electron chi connectivity index (χ3n) is 2.92. The van der Waals surface area contributed by atoms with E-state index in [-0.39, 0.29) is 0 Å². The van der Waals surface area contributed by atoms with Crippen molar-refractivity contribution in [2.24, 2.45) is 5.92 Å². The van der Waals surface area contributed by atoms with Crippen LogP contribution in [0.3, 0.4) is 0 Å². The normalized spacial score (nSPS) is 11.9. The van der Waals surface area contributed by atoms with Gasteiger partial charge in [-0.3, -0.25) is 0 Å². The molecular formula is C17H21NO2. The lowest BCUT2D eigenvalue weighted by Gasteiger charge is -2.13. The van der Waals surface area contributed by atoms with E-state index in [1.165, 1.54) is 0 Å². The Morgan fingerprint density at radius 2 is 1.75 bits per heavy atom. The summed E-state index contributed by atoms with van der Waals surface area (Å²) in [7, 11) is 1.73. The van der Waals surface area contributed by atoms with E-state index in [2.05, 4.69) is 12.2 Å². The average molecular weight is 271 g/mol. The van der Waals surface area contributed by atoms with Crippen LogP contribution in [0, 0.1) is 5.92 Å². The first-order chi connectivity index (χ1) is 9.78. The zero-order chi connectivity index (χ0) is 14.2. The van der Waals surface area contributed by atoms with Crippen LogP contribution in [0.15, 0.2) is 54.6 Å². The van der Waals surface area contributed by atoms with Gasteiger partial charge in [0, 0.05) is 25.4 Å². The topological polar surface area (TPSA) is 30.5 Å². The smallest absolute Gasteiger partial charge is 0.129 e. The third-order valence-corrected chi connectivity index (χ3v) is 2.92. The van der Waals surface area contributed by atoms with Crippen LogP contribution in [-0.2, 0) is 4.74 Å². The fourth-order valence-electron chi connectivity index (χ4n) is 1.93. The highest BCUT2D eigenvalue weighted by atomic mass is 16.5. The van der Waals surface area contributed by atoms with Crippen molar-refractivity contribution in [2.75, 3.05) is 25.6 Å². The Labute approximate surface area is 120 Å². The zero-order valence-electron chi connectivity index (χ0n) is 12.0. The molecule has 3 nitrogen and oxygen atoms in total. The van der Waals surface area contributed by atoms with Gasteiger partial charge in [0.05, 0.1) is 6.61 Å². The molecule has 20 heavy (non-hydrogen) atoms. The van der Waals surface area contributed by atoms with E-state index < -0.39 is 0 Å². The minimum atomic E-state index is 0.471. The van der Waals surface area contributed by atoms with Crippen LogP contribution in [0.2, 0.25) is 0 Å². The molecule has 0 saturated heterocycles. The molecule has 0 heterocycles. The van der Waals surface area contributed by atoms with Crippen molar-refractivity contribution in [2.45, 2.75) is 6.92 Å². The first-order valence-electron chi connectivity index (χ1n) is 6.83. The number of hydrogen-bond acceptors (Lipinski definition) is 3. The van der Waals surface area contributed by atoms with Crippen LogP contribution in [0.4, 0.5) is 5.69 Å². The second kappa shape index (κ2) is 7.56. The minimum absolute atomic E-state index is 0.471. The third kappa shape index (κ3) is 4.59. The predicted molar refractivity (Wildman–Crippen MR) is 82.5 cm³/mol. The first kappa shape index (κ1) is 14.4. The molecule has 0 aliphatic heterocycles. The number of nitrogens with one attached hydrogen (secondary N) is 1. The van der Waals surface area contributed by atoms with Gasteiger partial charge in [-0.15, -0.1) is 0 Å². The van der Waals surface area contributed by atoms with Crippen molar-refractivity contribution >= 4 is 5.69 Å². The maximum atomic E-state index is 5.81. The molecule has 3 heteroatoms. The lowest BCUT2D eigenvalue weighted by molar-refractivity contribution is 0.164. The average Bonchev–Trinajstić information content (AvgIpc) is 2.47. The van der Waals surface area contributed by atoms with E-state index >= 15 is 0 Å². The summed E-state index contributed by atoms with van der Waals surface area (Å²) in [4.78, 5) is 0. The molecular weight excluding hydrogens is 250 g/mol. The lowest BCUT2D eigenvalue weighted by atomic mass is 10.2. The van der Waals surface area contributed by atoms with Crippen molar-refractivity contribution in [3.05, 3.63) is 54.6 Å². The van der Waals surface area contributed by atoms with Crippen LogP contribution in [0.25, 0.3) is 0 Å². The highest BCUT2D eigenvalue weighted by molar-refractivity contribution is 5.49. The second-order valence-corrected chi connectivity index (χ2v) is 4.88. The molecule has 1 unspecified atom stereocenters. The van der Waals surface area contributed by atoms with Gasteiger partial charge in [0.25, 0.3) is 0 Å². The van der Waals surface area contributed by atoms with Crippen molar-refractivity contribution < 1.29 is 9.47 Å². The van der Waals surface area contributed by atoms with Crippen LogP contribution < -0.4 is 10.1 Å². The van der Waals surface area contributed by atoms with Gasteiger partial charge in [-0.05, 0) is 30.2 Å². The zero-order valence-corrected chi connectivity index (χ0v) is 12.0. The molecule has 0 radical (unpaired) electrons. The van der Waals surface area contributed by atoms with Gasteiger partial charge in [0.15, 0.2) is 0 Å². The monoisotopic (exact) mass is 271 g/mol. The fraction of sp³-hybridized carbons (Fsp3) is 0.294. The Bertz CT molecular complexity index is 513. The maximum Gasteiger partial charge on any atom is 0.129 e. The van der Waals surface area contributed by atoms with Gasteiger partial charge in [-0.1, -0.05) is 31.2 Å². The van der Waals surface area contributed by atoms with E-state index in [0.717, 1.165) is 30.3 Å². The van der Waals surface area contributed by atoms with Gasteiger partial charge in [-0.2, -0.15) is 0 Å². The summed E-state index contributed by atoms with van der Waals surface area (Å²) >= 11 is 0. The van der Waals surface area contributed by atoms with Crippen LogP contribution in [0.5, 0.6) is 11.5 Å². The van der Waals surface area contributed by atoms with E-state index in [9.17, 15) is 0 Å². The molecule has 2 rings (SSSR count). The Kier molecular flexibility index (Phi) is 5.44. The summed E-state index contributed by atoms with van der Waals surface area (Å²) in [5.41, 5.74) is 1.06. The highest BCUT2D eigenvalue weighted by Crippen LogP contribution is 2.23. The molecule has 0 spiro atoms. The highest BCUT2D eigenvalue weighted by Gasteiger charge is 2.02. The Hall–Kier alpha value is -2.00. The summed E-state index contributed by atoms with van der Waals surface area (Å²) < 4.78 is 10.9. The molecule has 0 bridgehead atoms. The number of methoxy groups -OCH3 is 1. The maximum absolute atomic E-state index is 5.81. The summed E-state index contributed by atoms with van der Waals surface area (Å²) in [5.74, 6) is 2.15. The van der Waals surface area contributed by atoms with E-state index in [4.69, 9.17) is 9.47 Å². The van der Waals surface area contributed by atoms with Gasteiger partial charge >= 0.3 is 0 Å². The molecule has 2 aromatic rings. The molecule has 1 N–H and O–H groups in total. The number of para-hydroxylation sites is 1. The predicted octanol–water partition coefficient (Wildman–Crippen LogP) is 4.17. The Balaban J connectivity index is 1.94. The number of rotatable bonds is 7. The second-order valence-electron chi connectivity index (χ2n) is 4.88. The van der Waals surface area contributed by atoms with E-state index in [1.54, 1.807) is 7.11 Å². The molecule has 2 aromatic carbocycles. The number of hydrogen-bond donors (Lipinski definition) is 1. The Morgan fingerprint density at radius 3 is 2.50 bits per heavy atom. The van der Waals surface area contributed by atoms with Crippen molar-refractivity contribution in [3.8, 4) is 11.5 Å². The number of benzene rings is 2. The van der Waals surface area contributed by atoms with Crippen molar-refractivity contribution in [1.82, 2.24) is 0 Å². The Morgan fingerprint density at radius 1 is 1.00 bits per heavy atom. The van der Waals surface area contributed by atoms with Gasteiger partial charge in [0.1, 0.15) is 11.5 Å². The minimum Gasteiger partial charge on any atom is -0.457 e. The standard InChI is InChI=1S/C17H21NO2/c1-14(13-19-2)12-18-15-7-6-10-17(11-15)20-16-8-4-3-5-9-16/h3-11,14,18H,12-13H2,1-2H3. The molecule has 0 aliphatic rings. The van der Waals surface area contributed by atoms with Gasteiger partial charge < -0.3 is 14.8 Å². The summed E-state index contributed by atoms with van der Waals surface area (Å²) in [6, 6.07) is 17.8.